The summed E-state index contributed by atoms with van der Waals surface area (Å²) >= 11 is 7.64. The van der Waals surface area contributed by atoms with E-state index in [9.17, 15) is 9.90 Å². The number of amidine groups is 1. The Morgan fingerprint density at radius 1 is 1.07 bits per heavy atom. The van der Waals surface area contributed by atoms with E-state index in [0.717, 1.165) is 5.56 Å². The van der Waals surface area contributed by atoms with Crippen LogP contribution in [0, 0.1) is 5.41 Å². The predicted octanol–water partition coefficient (Wildman–Crippen LogP) is 4.57. The number of H-pyrrole nitrogens is 1. The zero-order valence-corrected chi connectivity index (χ0v) is 15.5. The third-order valence-electron chi connectivity index (χ3n) is 4.32. The highest BCUT2D eigenvalue weighted by Crippen LogP contribution is 2.46. The Morgan fingerprint density at radius 2 is 1.78 bits per heavy atom. The number of pyridine rings is 1. The summed E-state index contributed by atoms with van der Waals surface area (Å²) < 4.78 is 0.483. The van der Waals surface area contributed by atoms with Crippen LogP contribution < -0.4 is 11.3 Å². The molecule has 0 radical (unpaired) electrons. The Hall–Kier alpha value is -3.09. The van der Waals surface area contributed by atoms with Gasteiger partial charge in [-0.15, -0.1) is 11.3 Å². The van der Waals surface area contributed by atoms with E-state index in [0.29, 0.717) is 31.2 Å². The van der Waals surface area contributed by atoms with Crippen molar-refractivity contribution < 1.29 is 5.11 Å². The number of thiophene rings is 1. The highest BCUT2D eigenvalue weighted by atomic mass is 35.5. The van der Waals surface area contributed by atoms with Gasteiger partial charge in [-0.3, -0.25) is 10.2 Å². The maximum atomic E-state index is 12.7. The summed E-state index contributed by atoms with van der Waals surface area (Å²) in [6.45, 7) is 0. The molecule has 0 fully saturated rings. The summed E-state index contributed by atoms with van der Waals surface area (Å²) in [6, 6.07) is 16.1. The summed E-state index contributed by atoms with van der Waals surface area (Å²) in [4.78, 5) is 16.0. The average Bonchev–Trinajstić information content (AvgIpc) is 2.98. The van der Waals surface area contributed by atoms with Gasteiger partial charge in [-0.05, 0) is 17.2 Å². The Bertz CT molecular complexity index is 1250. The third-order valence-corrected chi connectivity index (χ3v) is 5.63. The second-order valence-electron chi connectivity index (χ2n) is 5.99. The molecule has 0 atom stereocenters. The van der Waals surface area contributed by atoms with Crippen molar-refractivity contribution >= 4 is 39.0 Å². The lowest BCUT2D eigenvalue weighted by Crippen LogP contribution is -2.12. The van der Waals surface area contributed by atoms with Gasteiger partial charge in [-0.2, -0.15) is 0 Å². The number of aromatic hydroxyl groups is 1. The third kappa shape index (κ3) is 2.89. The van der Waals surface area contributed by atoms with Gasteiger partial charge in [0, 0.05) is 11.1 Å². The van der Waals surface area contributed by atoms with Crippen molar-refractivity contribution in [2.24, 2.45) is 5.73 Å². The number of nitrogens with one attached hydrogen (secondary N) is 2. The summed E-state index contributed by atoms with van der Waals surface area (Å²) in [7, 11) is 0. The number of benzene rings is 2. The van der Waals surface area contributed by atoms with Crippen LogP contribution in [0.1, 0.15) is 5.56 Å². The molecule has 0 spiro atoms. The Morgan fingerprint density at radius 3 is 2.48 bits per heavy atom. The number of nitrogen functional groups attached to an aromatic ring is 1. The molecule has 0 saturated heterocycles. The van der Waals surface area contributed by atoms with Crippen LogP contribution in [-0.4, -0.2) is 15.9 Å². The number of aromatic amines is 1. The van der Waals surface area contributed by atoms with Crippen molar-refractivity contribution in [3.8, 4) is 28.0 Å². The number of halogens is 1. The number of aromatic nitrogens is 1. The van der Waals surface area contributed by atoms with Crippen molar-refractivity contribution in [2.45, 2.75) is 0 Å². The molecule has 0 unspecified atom stereocenters. The Labute approximate surface area is 163 Å². The fraction of sp³-hybridized carbons (Fsp3) is 0. The maximum Gasteiger partial charge on any atom is 0.260 e. The van der Waals surface area contributed by atoms with Crippen LogP contribution >= 0.6 is 22.9 Å². The van der Waals surface area contributed by atoms with Gasteiger partial charge in [0.25, 0.3) is 5.56 Å². The van der Waals surface area contributed by atoms with Crippen LogP contribution in [0.5, 0.6) is 5.75 Å². The largest absolute Gasteiger partial charge is 0.506 e. The van der Waals surface area contributed by atoms with E-state index in [4.69, 9.17) is 22.7 Å². The average molecular weight is 396 g/mol. The van der Waals surface area contributed by atoms with Gasteiger partial charge in [-0.25, -0.2) is 0 Å². The maximum absolute atomic E-state index is 12.7. The number of nitrogens with two attached hydrogens (primary N) is 1. The van der Waals surface area contributed by atoms with Gasteiger partial charge in [-0.1, -0.05) is 60.1 Å². The zero-order valence-electron chi connectivity index (χ0n) is 13.9. The second-order valence-corrected chi connectivity index (χ2v) is 7.62. The fourth-order valence-electron chi connectivity index (χ4n) is 3.09. The Kier molecular flexibility index (Phi) is 4.22. The standard InChI is InChI=1S/C20H14ClN3O2S/c21-17-13(10-5-2-1-3-6-10)15-16(25)14(19(26)24-20(15)27-17)11-7-4-8-12(9-11)18(22)23/h1-9H,(H3,22,23)(H2,24,25,26). The molecule has 4 rings (SSSR count). The number of hydrogen-bond donors (Lipinski definition) is 4. The lowest BCUT2D eigenvalue weighted by molar-refractivity contribution is 0.483. The molecule has 2 aromatic carbocycles. The summed E-state index contributed by atoms with van der Waals surface area (Å²) in [6.07, 6.45) is 0. The highest BCUT2D eigenvalue weighted by molar-refractivity contribution is 7.23. The first-order valence-electron chi connectivity index (χ1n) is 8.05. The first-order chi connectivity index (χ1) is 13.0. The minimum absolute atomic E-state index is 0.114. The molecule has 0 aliphatic rings. The van der Waals surface area contributed by atoms with Gasteiger partial charge in [0.05, 0.1) is 10.9 Å². The predicted molar refractivity (Wildman–Crippen MR) is 111 cm³/mol. The van der Waals surface area contributed by atoms with Crippen LogP contribution in [0.15, 0.2) is 59.4 Å². The van der Waals surface area contributed by atoms with E-state index in [1.807, 2.05) is 30.3 Å². The van der Waals surface area contributed by atoms with Gasteiger partial charge in [0.1, 0.15) is 20.8 Å². The van der Waals surface area contributed by atoms with Gasteiger partial charge < -0.3 is 15.8 Å². The molecule has 134 valence electrons. The van der Waals surface area contributed by atoms with E-state index in [1.165, 1.54) is 11.3 Å². The molecule has 2 aromatic heterocycles. The van der Waals surface area contributed by atoms with E-state index in [2.05, 4.69) is 4.98 Å². The van der Waals surface area contributed by atoms with Gasteiger partial charge in [0.2, 0.25) is 0 Å². The minimum atomic E-state index is -0.432. The molecule has 7 heteroatoms. The number of fused-ring (bicyclic) bond motifs is 1. The van der Waals surface area contributed by atoms with E-state index >= 15 is 0 Å². The van der Waals surface area contributed by atoms with E-state index in [-0.39, 0.29) is 17.1 Å². The lowest BCUT2D eigenvalue weighted by Gasteiger charge is -2.09. The summed E-state index contributed by atoms with van der Waals surface area (Å²) in [5, 5.41) is 19.1. The van der Waals surface area contributed by atoms with Crippen LogP contribution in [-0.2, 0) is 0 Å². The molecular formula is C20H14ClN3O2S. The van der Waals surface area contributed by atoms with Crippen LogP contribution in [0.3, 0.4) is 0 Å². The van der Waals surface area contributed by atoms with Crippen molar-refractivity contribution in [1.29, 1.82) is 5.41 Å². The van der Waals surface area contributed by atoms with Crippen molar-refractivity contribution in [1.82, 2.24) is 4.98 Å². The van der Waals surface area contributed by atoms with Crippen LogP contribution in [0.4, 0.5) is 0 Å². The van der Waals surface area contributed by atoms with E-state index in [1.54, 1.807) is 24.3 Å². The molecule has 4 aromatic rings. The molecule has 2 heterocycles. The molecule has 0 bridgehead atoms. The molecule has 0 saturated carbocycles. The summed E-state index contributed by atoms with van der Waals surface area (Å²) in [5.41, 5.74) is 7.71. The minimum Gasteiger partial charge on any atom is -0.506 e. The fourth-order valence-corrected chi connectivity index (χ4v) is 4.47. The van der Waals surface area contributed by atoms with E-state index < -0.39 is 5.56 Å². The molecule has 0 amide bonds. The van der Waals surface area contributed by atoms with Crippen LogP contribution in [0.2, 0.25) is 4.34 Å². The van der Waals surface area contributed by atoms with Gasteiger partial charge >= 0.3 is 0 Å². The molecular weight excluding hydrogens is 382 g/mol. The van der Waals surface area contributed by atoms with Crippen molar-refractivity contribution in [3.05, 3.63) is 74.9 Å². The molecule has 5 nitrogen and oxygen atoms in total. The molecule has 0 aliphatic heterocycles. The first-order valence-corrected chi connectivity index (χ1v) is 9.24. The highest BCUT2D eigenvalue weighted by Gasteiger charge is 2.22. The number of rotatable bonds is 3. The number of hydrogen-bond acceptors (Lipinski definition) is 4. The SMILES string of the molecule is N=C(N)c1cccc(-c2c(O)c3c(-c4ccccc4)c(Cl)sc3[nH]c2=O)c1. The van der Waals surface area contributed by atoms with Crippen molar-refractivity contribution in [2.75, 3.05) is 0 Å². The second kappa shape index (κ2) is 6.57. The Balaban J connectivity index is 2.05. The zero-order chi connectivity index (χ0) is 19.1. The van der Waals surface area contributed by atoms with Gasteiger partial charge in [0.15, 0.2) is 0 Å². The lowest BCUT2D eigenvalue weighted by atomic mass is 9.99. The topological polar surface area (TPSA) is 103 Å². The van der Waals surface area contributed by atoms with Crippen molar-refractivity contribution in [3.63, 3.8) is 0 Å². The monoisotopic (exact) mass is 395 g/mol. The summed E-state index contributed by atoms with van der Waals surface area (Å²) in [5.74, 6) is -0.256. The molecule has 0 aliphatic carbocycles. The smallest absolute Gasteiger partial charge is 0.260 e. The first kappa shape index (κ1) is 17.3. The normalized spacial score (nSPS) is 11.0. The quantitative estimate of drug-likeness (QED) is 0.302. The molecule has 5 N–H and O–H groups in total. The van der Waals surface area contributed by atoms with Crippen LogP contribution in [0.25, 0.3) is 32.5 Å². The molecule has 27 heavy (non-hydrogen) atoms.